The van der Waals surface area contributed by atoms with Crippen LogP contribution in [-0.4, -0.2) is 11.5 Å². The molecule has 3 rings (SSSR count). The fourth-order valence-corrected chi connectivity index (χ4v) is 2.95. The standard InChI is InChI=1S/C16H20N2/c1-3-18-16(15-9-11(15)2)14-6-4-5-12-10-17-8-7-13(12)14/h4-8,10-11,15-16,18H,3,9H2,1-2H3. The molecule has 1 N–H and O–H groups in total. The van der Waals surface area contributed by atoms with Crippen molar-refractivity contribution in [1.29, 1.82) is 0 Å². The molecule has 1 aromatic heterocycles. The number of aromatic nitrogens is 1. The maximum absolute atomic E-state index is 4.21. The predicted molar refractivity (Wildman–Crippen MR) is 75.4 cm³/mol. The molecule has 1 saturated carbocycles. The van der Waals surface area contributed by atoms with Gasteiger partial charge in [0.05, 0.1) is 0 Å². The number of hydrogen-bond acceptors (Lipinski definition) is 2. The molecule has 18 heavy (non-hydrogen) atoms. The molecule has 1 aromatic carbocycles. The van der Waals surface area contributed by atoms with E-state index in [1.807, 2.05) is 12.4 Å². The Labute approximate surface area is 108 Å². The molecule has 0 amide bonds. The Hall–Kier alpha value is -1.41. The van der Waals surface area contributed by atoms with Crippen LogP contribution in [0.4, 0.5) is 0 Å². The van der Waals surface area contributed by atoms with Crippen LogP contribution in [-0.2, 0) is 0 Å². The first-order valence-electron chi connectivity index (χ1n) is 6.87. The van der Waals surface area contributed by atoms with Crippen LogP contribution in [0.15, 0.2) is 36.7 Å². The SMILES string of the molecule is CCNC(c1cccc2cnccc12)C1CC1C. The van der Waals surface area contributed by atoms with E-state index >= 15 is 0 Å². The molecule has 94 valence electrons. The molecule has 0 radical (unpaired) electrons. The van der Waals surface area contributed by atoms with Crippen molar-refractivity contribution < 1.29 is 0 Å². The lowest BCUT2D eigenvalue weighted by Gasteiger charge is -2.20. The molecule has 0 aliphatic heterocycles. The number of nitrogens with zero attached hydrogens (tertiary/aromatic N) is 1. The summed E-state index contributed by atoms with van der Waals surface area (Å²) in [7, 11) is 0. The molecule has 2 heteroatoms. The van der Waals surface area contributed by atoms with Gasteiger partial charge in [-0.1, -0.05) is 32.0 Å². The molecule has 0 saturated heterocycles. The molecule has 0 spiro atoms. The van der Waals surface area contributed by atoms with Gasteiger partial charge >= 0.3 is 0 Å². The van der Waals surface area contributed by atoms with Crippen molar-refractivity contribution in [2.24, 2.45) is 11.8 Å². The smallest absolute Gasteiger partial charge is 0.0357 e. The first-order valence-corrected chi connectivity index (χ1v) is 6.87. The summed E-state index contributed by atoms with van der Waals surface area (Å²) in [6, 6.07) is 9.20. The van der Waals surface area contributed by atoms with E-state index < -0.39 is 0 Å². The van der Waals surface area contributed by atoms with Crippen LogP contribution in [0.3, 0.4) is 0 Å². The van der Waals surface area contributed by atoms with Gasteiger partial charge in [-0.25, -0.2) is 0 Å². The lowest BCUT2D eigenvalue weighted by atomic mass is 9.96. The first-order chi connectivity index (χ1) is 8.81. The second-order valence-electron chi connectivity index (χ2n) is 5.36. The van der Waals surface area contributed by atoms with Gasteiger partial charge in [-0.05, 0) is 41.8 Å². The Balaban J connectivity index is 2.05. The van der Waals surface area contributed by atoms with Crippen LogP contribution in [0.25, 0.3) is 10.8 Å². The Morgan fingerprint density at radius 1 is 1.39 bits per heavy atom. The predicted octanol–water partition coefficient (Wildman–Crippen LogP) is 3.54. The van der Waals surface area contributed by atoms with Crippen molar-refractivity contribution in [3.8, 4) is 0 Å². The molecule has 3 unspecified atom stereocenters. The Morgan fingerprint density at radius 2 is 2.22 bits per heavy atom. The summed E-state index contributed by atoms with van der Waals surface area (Å²) >= 11 is 0. The topological polar surface area (TPSA) is 24.9 Å². The monoisotopic (exact) mass is 240 g/mol. The molecule has 1 fully saturated rings. The van der Waals surface area contributed by atoms with Crippen molar-refractivity contribution in [2.75, 3.05) is 6.54 Å². The van der Waals surface area contributed by atoms with E-state index in [9.17, 15) is 0 Å². The molecule has 1 aliphatic carbocycles. The summed E-state index contributed by atoms with van der Waals surface area (Å²) in [6.07, 6.45) is 5.20. The van der Waals surface area contributed by atoms with Gasteiger partial charge < -0.3 is 5.32 Å². The van der Waals surface area contributed by atoms with E-state index in [1.54, 1.807) is 0 Å². The third-order valence-corrected chi connectivity index (χ3v) is 4.07. The van der Waals surface area contributed by atoms with Crippen molar-refractivity contribution in [1.82, 2.24) is 10.3 Å². The molecular weight excluding hydrogens is 220 g/mol. The van der Waals surface area contributed by atoms with Crippen molar-refractivity contribution in [3.05, 3.63) is 42.2 Å². The summed E-state index contributed by atoms with van der Waals surface area (Å²) in [5.41, 5.74) is 1.44. The zero-order valence-electron chi connectivity index (χ0n) is 11.1. The van der Waals surface area contributed by atoms with Crippen molar-refractivity contribution in [2.45, 2.75) is 26.3 Å². The highest BCUT2D eigenvalue weighted by Gasteiger charge is 2.40. The van der Waals surface area contributed by atoms with Crippen LogP contribution in [0, 0.1) is 11.8 Å². The van der Waals surface area contributed by atoms with E-state index in [0.717, 1.165) is 18.4 Å². The van der Waals surface area contributed by atoms with Crippen molar-refractivity contribution in [3.63, 3.8) is 0 Å². The van der Waals surface area contributed by atoms with Crippen LogP contribution in [0.1, 0.15) is 31.9 Å². The summed E-state index contributed by atoms with van der Waals surface area (Å²) < 4.78 is 0. The summed E-state index contributed by atoms with van der Waals surface area (Å²) in [5.74, 6) is 1.65. The maximum Gasteiger partial charge on any atom is 0.0357 e. The van der Waals surface area contributed by atoms with Gasteiger partial charge in [0.25, 0.3) is 0 Å². The largest absolute Gasteiger partial charge is 0.310 e. The highest BCUT2D eigenvalue weighted by atomic mass is 14.9. The number of rotatable bonds is 4. The van der Waals surface area contributed by atoms with Gasteiger partial charge in [-0.15, -0.1) is 0 Å². The third kappa shape index (κ3) is 2.01. The summed E-state index contributed by atoms with van der Waals surface area (Å²) in [6.45, 7) is 5.56. The number of pyridine rings is 1. The number of nitrogens with one attached hydrogen (secondary N) is 1. The molecule has 3 atom stereocenters. The molecule has 2 nitrogen and oxygen atoms in total. The van der Waals surface area contributed by atoms with E-state index in [0.29, 0.717) is 6.04 Å². The van der Waals surface area contributed by atoms with Crippen molar-refractivity contribution >= 4 is 10.8 Å². The average Bonchev–Trinajstić information content (AvgIpc) is 3.12. The quantitative estimate of drug-likeness (QED) is 0.884. The van der Waals surface area contributed by atoms with Crippen LogP contribution >= 0.6 is 0 Å². The number of fused-ring (bicyclic) bond motifs is 1. The summed E-state index contributed by atoms with van der Waals surface area (Å²) in [4.78, 5) is 4.21. The van der Waals surface area contributed by atoms with E-state index in [-0.39, 0.29) is 0 Å². The normalized spacial score (nSPS) is 24.1. The van der Waals surface area contributed by atoms with E-state index in [2.05, 4.69) is 48.4 Å². The Morgan fingerprint density at radius 3 is 2.94 bits per heavy atom. The van der Waals surface area contributed by atoms with Crippen LogP contribution in [0.2, 0.25) is 0 Å². The Kier molecular flexibility index (Phi) is 3.04. The molecule has 2 aromatic rings. The highest BCUT2D eigenvalue weighted by molar-refractivity contribution is 5.85. The molecular formula is C16H20N2. The minimum absolute atomic E-state index is 0.496. The van der Waals surface area contributed by atoms with Gasteiger partial charge in [0, 0.05) is 23.8 Å². The van der Waals surface area contributed by atoms with Gasteiger partial charge in [0.2, 0.25) is 0 Å². The second-order valence-corrected chi connectivity index (χ2v) is 5.36. The zero-order valence-corrected chi connectivity index (χ0v) is 11.1. The summed E-state index contributed by atoms with van der Waals surface area (Å²) in [5, 5.41) is 6.25. The first kappa shape index (κ1) is 11.7. The number of benzene rings is 1. The fourth-order valence-electron chi connectivity index (χ4n) is 2.95. The minimum atomic E-state index is 0.496. The molecule has 1 heterocycles. The Bertz CT molecular complexity index is 544. The maximum atomic E-state index is 4.21. The molecule has 1 aliphatic rings. The third-order valence-electron chi connectivity index (χ3n) is 4.07. The van der Waals surface area contributed by atoms with Gasteiger partial charge in [-0.2, -0.15) is 0 Å². The number of hydrogen-bond donors (Lipinski definition) is 1. The average molecular weight is 240 g/mol. The van der Waals surface area contributed by atoms with E-state index in [4.69, 9.17) is 0 Å². The lowest BCUT2D eigenvalue weighted by Crippen LogP contribution is -2.23. The highest BCUT2D eigenvalue weighted by Crippen LogP contribution is 2.47. The second kappa shape index (κ2) is 4.69. The zero-order chi connectivity index (χ0) is 12.5. The van der Waals surface area contributed by atoms with Gasteiger partial charge in [0.15, 0.2) is 0 Å². The van der Waals surface area contributed by atoms with E-state index in [1.165, 1.54) is 22.8 Å². The van der Waals surface area contributed by atoms with Crippen LogP contribution < -0.4 is 5.32 Å². The fraction of sp³-hybridized carbons (Fsp3) is 0.438. The molecule has 0 bridgehead atoms. The minimum Gasteiger partial charge on any atom is -0.310 e. The van der Waals surface area contributed by atoms with Crippen LogP contribution in [0.5, 0.6) is 0 Å². The van der Waals surface area contributed by atoms with Gasteiger partial charge in [-0.3, -0.25) is 4.98 Å². The van der Waals surface area contributed by atoms with Gasteiger partial charge in [0.1, 0.15) is 0 Å². The lowest BCUT2D eigenvalue weighted by molar-refractivity contribution is 0.478.